The van der Waals surface area contributed by atoms with Gasteiger partial charge in [-0.15, -0.1) is 0 Å². The number of thiazole rings is 1. The van der Waals surface area contributed by atoms with E-state index in [9.17, 15) is 9.59 Å². The van der Waals surface area contributed by atoms with E-state index >= 15 is 0 Å². The Hall–Kier alpha value is -2.21. The summed E-state index contributed by atoms with van der Waals surface area (Å²) < 4.78 is 2.20. The van der Waals surface area contributed by atoms with E-state index in [2.05, 4.69) is 4.57 Å². The summed E-state index contributed by atoms with van der Waals surface area (Å²) in [6.07, 6.45) is 5.69. The largest absolute Gasteiger partial charge is 0.339 e. The third kappa shape index (κ3) is 3.76. The number of carbonyl (C=O) groups excluding carboxylic acids is 2. The van der Waals surface area contributed by atoms with Gasteiger partial charge in [0.05, 0.1) is 10.6 Å². The van der Waals surface area contributed by atoms with Crippen molar-refractivity contribution in [2.75, 3.05) is 13.1 Å². The molecule has 5 nitrogen and oxygen atoms in total. The molecular weight excluding hydrogens is 358 g/mol. The predicted octanol–water partition coefficient (Wildman–Crippen LogP) is 4.25. The zero-order valence-corrected chi connectivity index (χ0v) is 16.7. The van der Waals surface area contributed by atoms with Gasteiger partial charge in [0.25, 0.3) is 5.91 Å². The van der Waals surface area contributed by atoms with E-state index in [0.717, 1.165) is 65.4 Å². The van der Waals surface area contributed by atoms with Gasteiger partial charge in [0.15, 0.2) is 10.6 Å². The van der Waals surface area contributed by atoms with Gasteiger partial charge in [0.2, 0.25) is 0 Å². The first-order valence-corrected chi connectivity index (χ1v) is 10.5. The number of hydrogen-bond acceptors (Lipinski definition) is 4. The highest BCUT2D eigenvalue weighted by atomic mass is 32.1. The molecule has 1 saturated heterocycles. The van der Waals surface area contributed by atoms with Gasteiger partial charge >= 0.3 is 0 Å². The van der Waals surface area contributed by atoms with Gasteiger partial charge in [-0.2, -0.15) is 0 Å². The topological polar surface area (TPSA) is 54.7 Å². The molecule has 0 spiro atoms. The van der Waals surface area contributed by atoms with Crippen LogP contribution in [0.1, 0.15) is 70.8 Å². The fourth-order valence-electron chi connectivity index (χ4n) is 3.70. The second-order valence-corrected chi connectivity index (χ2v) is 8.45. The Balaban J connectivity index is 1.62. The summed E-state index contributed by atoms with van der Waals surface area (Å²) in [5.41, 5.74) is 2.55. The van der Waals surface area contributed by atoms with Crippen LogP contribution in [0.5, 0.6) is 0 Å². The van der Waals surface area contributed by atoms with Crippen LogP contribution in [0.4, 0.5) is 5.69 Å². The van der Waals surface area contributed by atoms with Crippen LogP contribution >= 0.6 is 11.3 Å². The van der Waals surface area contributed by atoms with Crippen molar-refractivity contribution in [2.24, 2.45) is 4.99 Å². The van der Waals surface area contributed by atoms with E-state index < -0.39 is 0 Å². The number of hydrogen-bond donors (Lipinski definition) is 0. The molecule has 2 aromatic rings. The van der Waals surface area contributed by atoms with Crippen molar-refractivity contribution in [2.45, 2.75) is 52.0 Å². The number of ketones is 1. The van der Waals surface area contributed by atoms with Crippen molar-refractivity contribution in [1.29, 1.82) is 0 Å². The number of benzene rings is 1. The van der Waals surface area contributed by atoms with Crippen molar-refractivity contribution in [3.8, 4) is 0 Å². The summed E-state index contributed by atoms with van der Waals surface area (Å²) in [5.74, 6) is 0.205. The molecule has 1 aliphatic carbocycles. The molecule has 142 valence electrons. The van der Waals surface area contributed by atoms with Gasteiger partial charge in [-0.05, 0) is 63.3 Å². The maximum Gasteiger partial charge on any atom is 0.253 e. The lowest BCUT2D eigenvalue weighted by Crippen LogP contribution is -2.35. The molecule has 4 rings (SSSR count). The summed E-state index contributed by atoms with van der Waals surface area (Å²) in [4.78, 5) is 32.9. The molecule has 27 heavy (non-hydrogen) atoms. The summed E-state index contributed by atoms with van der Waals surface area (Å²) in [6, 6.07) is 7.99. The van der Waals surface area contributed by atoms with Crippen molar-refractivity contribution >= 4 is 28.7 Å². The number of aromatic nitrogens is 1. The molecule has 0 N–H and O–H groups in total. The van der Waals surface area contributed by atoms with Crippen LogP contribution in [0.25, 0.3) is 0 Å². The van der Waals surface area contributed by atoms with Gasteiger partial charge in [-0.25, -0.2) is 4.99 Å². The summed E-state index contributed by atoms with van der Waals surface area (Å²) in [7, 11) is 0. The highest BCUT2D eigenvalue weighted by molar-refractivity contribution is 7.11. The lowest BCUT2D eigenvalue weighted by molar-refractivity contribution is 0.0724. The first-order valence-electron chi connectivity index (χ1n) is 9.71. The molecule has 0 radical (unpaired) electrons. The zero-order valence-electron chi connectivity index (χ0n) is 15.9. The molecule has 1 aromatic heterocycles. The van der Waals surface area contributed by atoms with E-state index in [1.165, 1.54) is 17.8 Å². The minimum absolute atomic E-state index is 0.0934. The Morgan fingerprint density at radius 1 is 1.07 bits per heavy atom. The summed E-state index contributed by atoms with van der Waals surface area (Å²) >= 11 is 1.46. The predicted molar refractivity (Wildman–Crippen MR) is 107 cm³/mol. The van der Waals surface area contributed by atoms with Crippen LogP contribution in [0, 0.1) is 6.92 Å². The Kier molecular flexibility index (Phi) is 5.00. The quantitative estimate of drug-likeness (QED) is 0.741. The van der Waals surface area contributed by atoms with Crippen LogP contribution in [0.2, 0.25) is 0 Å². The number of likely N-dealkylation sites (tertiary alicyclic amines) is 1. The average molecular weight is 384 g/mol. The van der Waals surface area contributed by atoms with E-state index in [1.54, 1.807) is 6.92 Å². The molecule has 0 atom stereocenters. The molecule has 1 saturated carbocycles. The van der Waals surface area contributed by atoms with Crippen LogP contribution in [0.3, 0.4) is 0 Å². The molecule has 2 heterocycles. The third-order valence-corrected chi connectivity index (χ3v) is 6.56. The molecular formula is C21H25N3O2S. The highest BCUT2D eigenvalue weighted by Gasteiger charge is 2.28. The standard InChI is InChI=1S/C21H25N3O2S/c1-14-19(15(2)25)27-21(24(14)18-10-11-18)22-17-8-6-16(7-9-17)20(26)23-12-4-3-5-13-23/h6-9,18H,3-5,10-13H2,1-2H3. The zero-order chi connectivity index (χ0) is 19.0. The SMILES string of the molecule is CC(=O)c1sc(=Nc2ccc(C(=O)N3CCCCC3)cc2)n(C2CC2)c1C. The number of rotatable bonds is 4. The van der Waals surface area contributed by atoms with Gasteiger partial charge in [0.1, 0.15) is 0 Å². The maximum absolute atomic E-state index is 12.6. The third-order valence-electron chi connectivity index (χ3n) is 5.30. The normalized spacial score (nSPS) is 18.0. The lowest BCUT2D eigenvalue weighted by Gasteiger charge is -2.26. The Morgan fingerprint density at radius 2 is 1.74 bits per heavy atom. The molecule has 1 aromatic carbocycles. The van der Waals surface area contributed by atoms with E-state index in [0.29, 0.717) is 6.04 Å². The van der Waals surface area contributed by atoms with Crippen molar-refractivity contribution in [3.05, 3.63) is 45.2 Å². The minimum Gasteiger partial charge on any atom is -0.339 e. The van der Waals surface area contributed by atoms with E-state index in [1.807, 2.05) is 36.1 Å². The number of Topliss-reactive ketones (excluding diaryl/α,β-unsaturated/α-hetero) is 1. The van der Waals surface area contributed by atoms with Crippen molar-refractivity contribution in [3.63, 3.8) is 0 Å². The molecule has 1 aliphatic heterocycles. The fourth-order valence-corrected chi connectivity index (χ4v) is 4.81. The van der Waals surface area contributed by atoms with Gasteiger partial charge in [-0.1, -0.05) is 11.3 Å². The van der Waals surface area contributed by atoms with Gasteiger partial charge in [-0.3, -0.25) is 9.59 Å². The Bertz CT molecular complexity index is 929. The van der Waals surface area contributed by atoms with E-state index in [4.69, 9.17) is 4.99 Å². The first-order chi connectivity index (χ1) is 13.0. The summed E-state index contributed by atoms with van der Waals surface area (Å²) in [5, 5.41) is 0. The summed E-state index contributed by atoms with van der Waals surface area (Å²) in [6.45, 7) is 5.33. The van der Waals surface area contributed by atoms with Crippen LogP contribution < -0.4 is 4.80 Å². The van der Waals surface area contributed by atoms with Gasteiger partial charge in [0, 0.05) is 37.3 Å². The second kappa shape index (κ2) is 7.43. The molecule has 0 bridgehead atoms. The molecule has 0 unspecified atom stereocenters. The smallest absolute Gasteiger partial charge is 0.253 e. The Morgan fingerprint density at radius 3 is 2.33 bits per heavy atom. The van der Waals surface area contributed by atoms with Crippen LogP contribution in [0.15, 0.2) is 29.3 Å². The average Bonchev–Trinajstić information content (AvgIpc) is 3.46. The van der Waals surface area contributed by atoms with Crippen molar-refractivity contribution < 1.29 is 9.59 Å². The second-order valence-electron chi connectivity index (χ2n) is 7.47. The van der Waals surface area contributed by atoms with Crippen LogP contribution in [-0.2, 0) is 0 Å². The monoisotopic (exact) mass is 383 g/mol. The van der Waals surface area contributed by atoms with Crippen LogP contribution in [-0.4, -0.2) is 34.2 Å². The fraction of sp³-hybridized carbons (Fsp3) is 0.476. The molecule has 2 fully saturated rings. The van der Waals surface area contributed by atoms with E-state index in [-0.39, 0.29) is 11.7 Å². The first kappa shape index (κ1) is 18.2. The molecule has 2 aliphatic rings. The minimum atomic E-state index is 0.0934. The maximum atomic E-state index is 12.6. The number of amides is 1. The van der Waals surface area contributed by atoms with Crippen molar-refractivity contribution in [1.82, 2.24) is 9.47 Å². The molecule has 6 heteroatoms. The highest BCUT2D eigenvalue weighted by Crippen LogP contribution is 2.36. The number of piperidine rings is 1. The molecule has 1 amide bonds. The van der Waals surface area contributed by atoms with Gasteiger partial charge < -0.3 is 9.47 Å². The lowest BCUT2D eigenvalue weighted by atomic mass is 10.1. The number of carbonyl (C=O) groups is 2. The Labute approximate surface area is 163 Å². The number of nitrogens with zero attached hydrogens (tertiary/aromatic N) is 3.